The third kappa shape index (κ3) is 4.24. The Bertz CT molecular complexity index is 632. The predicted molar refractivity (Wildman–Crippen MR) is 91.5 cm³/mol. The van der Waals surface area contributed by atoms with Crippen molar-refractivity contribution in [1.29, 1.82) is 0 Å². The van der Waals surface area contributed by atoms with E-state index in [-0.39, 0.29) is 18.6 Å². The molecule has 136 valence electrons. The van der Waals surface area contributed by atoms with Gasteiger partial charge in [-0.2, -0.15) is 0 Å². The Balaban J connectivity index is 1.51. The maximum absolute atomic E-state index is 12.3. The number of hydrogen-bond donors (Lipinski definition) is 1. The third-order valence-electron chi connectivity index (χ3n) is 4.87. The van der Waals surface area contributed by atoms with Crippen molar-refractivity contribution < 1.29 is 23.8 Å². The number of nitrogens with one attached hydrogen (secondary N) is 1. The Hall–Kier alpha value is -2.24. The van der Waals surface area contributed by atoms with Gasteiger partial charge in [0.25, 0.3) is 5.91 Å². The van der Waals surface area contributed by atoms with Crippen LogP contribution >= 0.6 is 0 Å². The normalized spacial score (nSPS) is 26.4. The van der Waals surface area contributed by atoms with E-state index in [1.807, 2.05) is 6.07 Å². The van der Waals surface area contributed by atoms with Crippen LogP contribution in [0.25, 0.3) is 0 Å². The van der Waals surface area contributed by atoms with E-state index in [0.29, 0.717) is 17.4 Å². The van der Waals surface area contributed by atoms with Crippen LogP contribution in [0.1, 0.15) is 39.5 Å². The topological polar surface area (TPSA) is 73.9 Å². The first-order valence-electron chi connectivity index (χ1n) is 8.94. The standard InChI is InChI=1S/C19H25NO5/c1-12-7-3-4-8-14(12)20-18(21)13(2)24-19(22)17-11-23-15-9-5-6-10-16(15)25-17/h5-6,9-10,12-14,17H,3-4,7-8,11H2,1-2H3,(H,20,21)/t12-,13+,14-,17-/m0/s1. The zero-order chi connectivity index (χ0) is 17.8. The summed E-state index contributed by atoms with van der Waals surface area (Å²) in [6, 6.07) is 7.30. The number of esters is 1. The van der Waals surface area contributed by atoms with Gasteiger partial charge >= 0.3 is 5.97 Å². The Labute approximate surface area is 147 Å². The fraction of sp³-hybridized carbons (Fsp3) is 0.579. The molecule has 2 aliphatic rings. The molecule has 1 aliphatic heterocycles. The fourth-order valence-corrected chi connectivity index (χ4v) is 3.27. The molecule has 0 saturated heterocycles. The minimum absolute atomic E-state index is 0.0733. The highest BCUT2D eigenvalue weighted by Crippen LogP contribution is 2.31. The van der Waals surface area contributed by atoms with Gasteiger partial charge in [0.2, 0.25) is 6.10 Å². The lowest BCUT2D eigenvalue weighted by molar-refractivity contribution is -0.164. The summed E-state index contributed by atoms with van der Waals surface area (Å²) in [4.78, 5) is 24.6. The average Bonchev–Trinajstić information content (AvgIpc) is 2.63. The molecule has 0 radical (unpaired) electrons. The molecule has 0 spiro atoms. The summed E-state index contributed by atoms with van der Waals surface area (Å²) in [7, 11) is 0. The van der Waals surface area contributed by atoms with Gasteiger partial charge < -0.3 is 19.5 Å². The minimum Gasteiger partial charge on any atom is -0.485 e. The Kier molecular flexibility index (Phi) is 5.46. The number of para-hydroxylation sites is 2. The van der Waals surface area contributed by atoms with Crippen LogP contribution in [0.15, 0.2) is 24.3 Å². The summed E-state index contributed by atoms with van der Waals surface area (Å²) in [5.41, 5.74) is 0. The van der Waals surface area contributed by atoms with Gasteiger partial charge in [0.15, 0.2) is 17.6 Å². The minimum atomic E-state index is -0.862. The van der Waals surface area contributed by atoms with E-state index >= 15 is 0 Å². The summed E-state index contributed by atoms with van der Waals surface area (Å²) in [5.74, 6) is 0.706. The predicted octanol–water partition coefficient (Wildman–Crippen LogP) is 2.45. The van der Waals surface area contributed by atoms with E-state index in [1.54, 1.807) is 25.1 Å². The fourth-order valence-electron chi connectivity index (χ4n) is 3.27. The summed E-state index contributed by atoms with van der Waals surface area (Å²) in [6.45, 7) is 3.80. The molecular formula is C19H25NO5. The van der Waals surface area contributed by atoms with Gasteiger partial charge in [0, 0.05) is 6.04 Å². The van der Waals surface area contributed by atoms with Crippen molar-refractivity contribution in [3.63, 3.8) is 0 Å². The van der Waals surface area contributed by atoms with Crippen molar-refractivity contribution in [1.82, 2.24) is 5.32 Å². The first-order valence-corrected chi connectivity index (χ1v) is 8.94. The second-order valence-electron chi connectivity index (χ2n) is 6.82. The number of benzene rings is 1. The van der Waals surface area contributed by atoms with E-state index in [9.17, 15) is 9.59 Å². The van der Waals surface area contributed by atoms with Crippen LogP contribution < -0.4 is 14.8 Å². The highest BCUT2D eigenvalue weighted by molar-refractivity contribution is 5.85. The molecule has 0 bridgehead atoms. The lowest BCUT2D eigenvalue weighted by atomic mass is 9.86. The molecule has 25 heavy (non-hydrogen) atoms. The number of ether oxygens (including phenoxy) is 3. The molecule has 1 amide bonds. The van der Waals surface area contributed by atoms with Gasteiger partial charge in [-0.1, -0.05) is 31.9 Å². The second-order valence-corrected chi connectivity index (χ2v) is 6.82. The van der Waals surface area contributed by atoms with Crippen LogP contribution in [0.2, 0.25) is 0 Å². The van der Waals surface area contributed by atoms with E-state index in [2.05, 4.69) is 12.2 Å². The van der Waals surface area contributed by atoms with Gasteiger partial charge in [-0.15, -0.1) is 0 Å². The Morgan fingerprint density at radius 2 is 1.92 bits per heavy atom. The molecule has 1 heterocycles. The molecule has 1 N–H and O–H groups in total. The van der Waals surface area contributed by atoms with Gasteiger partial charge in [-0.25, -0.2) is 4.79 Å². The van der Waals surface area contributed by atoms with Crippen LogP contribution in [0.3, 0.4) is 0 Å². The molecule has 1 aromatic rings. The number of rotatable bonds is 4. The summed E-state index contributed by atoms with van der Waals surface area (Å²) >= 11 is 0. The van der Waals surface area contributed by atoms with Crippen molar-refractivity contribution in [2.75, 3.05) is 6.61 Å². The van der Waals surface area contributed by atoms with Crippen LogP contribution in [-0.2, 0) is 14.3 Å². The van der Waals surface area contributed by atoms with Crippen molar-refractivity contribution in [3.05, 3.63) is 24.3 Å². The molecule has 6 nitrogen and oxygen atoms in total. The second kappa shape index (κ2) is 7.76. The summed E-state index contributed by atoms with van der Waals surface area (Å²) < 4.78 is 16.4. The van der Waals surface area contributed by atoms with Crippen LogP contribution in [0.4, 0.5) is 0 Å². The van der Waals surface area contributed by atoms with E-state index in [0.717, 1.165) is 19.3 Å². The molecule has 1 saturated carbocycles. The Morgan fingerprint density at radius 3 is 2.68 bits per heavy atom. The number of hydrogen-bond acceptors (Lipinski definition) is 5. The quantitative estimate of drug-likeness (QED) is 0.847. The molecule has 4 atom stereocenters. The Morgan fingerprint density at radius 1 is 1.20 bits per heavy atom. The highest BCUT2D eigenvalue weighted by Gasteiger charge is 2.32. The monoisotopic (exact) mass is 347 g/mol. The third-order valence-corrected chi connectivity index (χ3v) is 4.87. The first kappa shape index (κ1) is 17.6. The van der Waals surface area contributed by atoms with Crippen molar-refractivity contribution in [2.24, 2.45) is 5.92 Å². The maximum Gasteiger partial charge on any atom is 0.351 e. The number of carbonyl (C=O) groups excluding carboxylic acids is 2. The first-order chi connectivity index (χ1) is 12.0. The molecule has 1 aromatic carbocycles. The molecule has 6 heteroatoms. The van der Waals surface area contributed by atoms with E-state index in [1.165, 1.54) is 6.42 Å². The molecular weight excluding hydrogens is 322 g/mol. The van der Waals surface area contributed by atoms with Gasteiger partial charge in [0.1, 0.15) is 6.61 Å². The zero-order valence-electron chi connectivity index (χ0n) is 14.7. The van der Waals surface area contributed by atoms with Crippen LogP contribution in [0.5, 0.6) is 11.5 Å². The smallest absolute Gasteiger partial charge is 0.351 e. The van der Waals surface area contributed by atoms with Crippen LogP contribution in [0, 0.1) is 5.92 Å². The van der Waals surface area contributed by atoms with Crippen molar-refractivity contribution in [2.45, 2.75) is 57.8 Å². The molecule has 0 aromatic heterocycles. The van der Waals surface area contributed by atoms with Crippen molar-refractivity contribution >= 4 is 11.9 Å². The molecule has 0 unspecified atom stereocenters. The maximum atomic E-state index is 12.3. The molecule has 3 rings (SSSR count). The zero-order valence-corrected chi connectivity index (χ0v) is 14.7. The van der Waals surface area contributed by atoms with E-state index in [4.69, 9.17) is 14.2 Å². The SMILES string of the molecule is C[C@@H](OC(=O)[C@@H]1COc2ccccc2O1)C(=O)N[C@H]1CCCC[C@@H]1C. The van der Waals surface area contributed by atoms with Gasteiger partial charge in [-0.05, 0) is 37.8 Å². The van der Waals surface area contributed by atoms with Crippen molar-refractivity contribution in [3.8, 4) is 11.5 Å². The molecule has 1 fully saturated rings. The lowest BCUT2D eigenvalue weighted by Crippen LogP contribution is -2.47. The van der Waals surface area contributed by atoms with Gasteiger partial charge in [0.05, 0.1) is 0 Å². The van der Waals surface area contributed by atoms with Gasteiger partial charge in [-0.3, -0.25) is 4.79 Å². The van der Waals surface area contributed by atoms with E-state index < -0.39 is 18.2 Å². The average molecular weight is 347 g/mol. The highest BCUT2D eigenvalue weighted by atomic mass is 16.6. The number of fused-ring (bicyclic) bond motifs is 1. The van der Waals surface area contributed by atoms with Crippen LogP contribution in [-0.4, -0.2) is 36.7 Å². The number of amides is 1. The summed E-state index contributed by atoms with van der Waals surface area (Å²) in [6.07, 6.45) is 2.70. The number of carbonyl (C=O) groups is 2. The lowest BCUT2D eigenvalue weighted by Gasteiger charge is -2.30. The largest absolute Gasteiger partial charge is 0.485 e. The molecule has 1 aliphatic carbocycles. The summed E-state index contributed by atoms with van der Waals surface area (Å²) in [5, 5.41) is 3.00.